The summed E-state index contributed by atoms with van der Waals surface area (Å²) in [4.78, 5) is 0. The zero-order chi connectivity index (χ0) is 11.1. The molecule has 0 bridgehead atoms. The van der Waals surface area contributed by atoms with Crippen LogP contribution in [-0.4, -0.2) is 6.17 Å². The molecule has 0 aromatic heterocycles. The minimum absolute atomic E-state index is 0.653. The van der Waals surface area contributed by atoms with E-state index in [1.54, 1.807) is 0 Å². The molecule has 0 heterocycles. The molecule has 0 nitrogen and oxygen atoms in total. The summed E-state index contributed by atoms with van der Waals surface area (Å²) in [7, 11) is 0. The first kappa shape index (κ1) is 13.2. The van der Waals surface area contributed by atoms with Gasteiger partial charge in [0.15, 0.2) is 0 Å². The van der Waals surface area contributed by atoms with Crippen molar-refractivity contribution in [2.24, 2.45) is 0 Å². The van der Waals surface area contributed by atoms with Crippen LogP contribution < -0.4 is 0 Å². The molecule has 1 aromatic rings. The standard InChI is InChI=1S/C10H14.C3H7F/c1-8(2)10-6-4-9(3)5-7-10;1-3(2)4/h4-8H,1-3H3;3H,1-2H3. The molecule has 1 heteroatoms. The average Bonchev–Trinajstić information content (AvgIpc) is 2.03. The second-order valence-electron chi connectivity index (χ2n) is 4.08. The van der Waals surface area contributed by atoms with Crippen molar-refractivity contribution in [1.29, 1.82) is 0 Å². The Labute approximate surface area is 87.2 Å². The molecule has 0 saturated heterocycles. The predicted octanol–water partition coefficient (Wildman–Crippen LogP) is 4.48. The van der Waals surface area contributed by atoms with Gasteiger partial charge in [-0.25, -0.2) is 4.39 Å². The largest absolute Gasteiger partial charge is 0.248 e. The fourth-order valence-corrected chi connectivity index (χ4v) is 0.951. The minimum Gasteiger partial charge on any atom is -0.248 e. The molecule has 0 fully saturated rings. The van der Waals surface area contributed by atoms with E-state index in [0.29, 0.717) is 5.92 Å². The van der Waals surface area contributed by atoms with Gasteiger partial charge in [-0.05, 0) is 32.3 Å². The Kier molecular flexibility index (Phi) is 6.18. The fraction of sp³-hybridized carbons (Fsp3) is 0.538. The highest BCUT2D eigenvalue weighted by Crippen LogP contribution is 2.13. The minimum atomic E-state index is -0.667. The molecule has 0 amide bonds. The molecular weight excluding hydrogens is 175 g/mol. The topological polar surface area (TPSA) is 0 Å². The summed E-state index contributed by atoms with van der Waals surface area (Å²) in [5.41, 5.74) is 2.76. The Morgan fingerprint density at radius 1 is 0.929 bits per heavy atom. The zero-order valence-electron chi connectivity index (χ0n) is 9.84. The number of alkyl halides is 1. The highest BCUT2D eigenvalue weighted by atomic mass is 19.1. The van der Waals surface area contributed by atoms with E-state index in [1.807, 2.05) is 0 Å². The number of rotatable bonds is 1. The second kappa shape index (κ2) is 6.58. The lowest BCUT2D eigenvalue weighted by molar-refractivity contribution is 0.391. The molecule has 1 rings (SSSR count). The van der Waals surface area contributed by atoms with Gasteiger partial charge in [-0.1, -0.05) is 43.7 Å². The van der Waals surface area contributed by atoms with Crippen LogP contribution in [0.3, 0.4) is 0 Å². The summed E-state index contributed by atoms with van der Waals surface area (Å²) in [5.74, 6) is 0.653. The van der Waals surface area contributed by atoms with Crippen LogP contribution in [0.15, 0.2) is 24.3 Å². The number of halogens is 1. The summed E-state index contributed by atoms with van der Waals surface area (Å²) < 4.78 is 11.0. The van der Waals surface area contributed by atoms with Crippen molar-refractivity contribution in [3.8, 4) is 0 Å². The second-order valence-corrected chi connectivity index (χ2v) is 4.08. The van der Waals surface area contributed by atoms with Crippen molar-refractivity contribution in [2.75, 3.05) is 0 Å². The smallest absolute Gasteiger partial charge is 0.0945 e. The van der Waals surface area contributed by atoms with Gasteiger partial charge in [-0.3, -0.25) is 0 Å². The zero-order valence-corrected chi connectivity index (χ0v) is 9.84. The van der Waals surface area contributed by atoms with Gasteiger partial charge in [0.2, 0.25) is 0 Å². The van der Waals surface area contributed by atoms with Gasteiger partial charge in [-0.15, -0.1) is 0 Å². The summed E-state index contributed by atoms with van der Waals surface area (Å²) in [6, 6.07) is 8.71. The first-order chi connectivity index (χ1) is 6.43. The highest BCUT2D eigenvalue weighted by Gasteiger charge is 1.95. The van der Waals surface area contributed by atoms with Crippen LogP contribution in [0.1, 0.15) is 44.7 Å². The Balaban J connectivity index is 0.000000364. The Morgan fingerprint density at radius 3 is 1.57 bits per heavy atom. The van der Waals surface area contributed by atoms with Crippen LogP contribution in [0, 0.1) is 6.92 Å². The van der Waals surface area contributed by atoms with Crippen molar-refractivity contribution in [1.82, 2.24) is 0 Å². The fourth-order valence-electron chi connectivity index (χ4n) is 0.951. The predicted molar refractivity (Wildman–Crippen MR) is 61.5 cm³/mol. The van der Waals surface area contributed by atoms with E-state index in [0.717, 1.165) is 0 Å². The molecule has 14 heavy (non-hydrogen) atoms. The molecule has 0 spiro atoms. The van der Waals surface area contributed by atoms with Gasteiger partial charge in [0.1, 0.15) is 0 Å². The third kappa shape index (κ3) is 6.64. The van der Waals surface area contributed by atoms with Crippen molar-refractivity contribution in [3.63, 3.8) is 0 Å². The molecule has 0 unspecified atom stereocenters. The van der Waals surface area contributed by atoms with Gasteiger partial charge < -0.3 is 0 Å². The van der Waals surface area contributed by atoms with Gasteiger partial charge in [0, 0.05) is 0 Å². The number of aryl methyl sites for hydroxylation is 1. The molecule has 0 aliphatic rings. The Hall–Kier alpha value is -0.850. The molecule has 0 aliphatic carbocycles. The number of hydrogen-bond donors (Lipinski definition) is 0. The van der Waals surface area contributed by atoms with Crippen LogP contribution in [-0.2, 0) is 0 Å². The molecule has 0 saturated carbocycles. The lowest BCUT2D eigenvalue weighted by Crippen LogP contribution is -1.85. The van der Waals surface area contributed by atoms with E-state index >= 15 is 0 Å². The van der Waals surface area contributed by atoms with Crippen molar-refractivity contribution in [3.05, 3.63) is 35.4 Å². The quantitative estimate of drug-likeness (QED) is 0.621. The van der Waals surface area contributed by atoms with Crippen molar-refractivity contribution in [2.45, 2.75) is 46.7 Å². The molecule has 80 valence electrons. The first-order valence-electron chi connectivity index (χ1n) is 5.14. The monoisotopic (exact) mass is 196 g/mol. The van der Waals surface area contributed by atoms with Crippen molar-refractivity contribution >= 4 is 0 Å². The molecule has 0 N–H and O–H groups in total. The van der Waals surface area contributed by atoms with Crippen molar-refractivity contribution < 1.29 is 4.39 Å². The summed E-state index contributed by atoms with van der Waals surface area (Å²) in [6.07, 6.45) is -0.667. The van der Waals surface area contributed by atoms with E-state index in [-0.39, 0.29) is 0 Å². The summed E-state index contributed by atoms with van der Waals surface area (Å²) in [5, 5.41) is 0. The van der Waals surface area contributed by atoms with Crippen LogP contribution in [0.4, 0.5) is 4.39 Å². The normalized spacial score (nSPS) is 10.0. The molecule has 0 atom stereocenters. The first-order valence-corrected chi connectivity index (χ1v) is 5.14. The number of hydrogen-bond acceptors (Lipinski definition) is 0. The third-order valence-electron chi connectivity index (χ3n) is 1.74. The maximum atomic E-state index is 11.0. The lowest BCUT2D eigenvalue weighted by Gasteiger charge is -2.03. The van der Waals surface area contributed by atoms with E-state index in [2.05, 4.69) is 45.0 Å². The van der Waals surface area contributed by atoms with E-state index in [9.17, 15) is 4.39 Å². The van der Waals surface area contributed by atoms with Gasteiger partial charge in [-0.2, -0.15) is 0 Å². The Morgan fingerprint density at radius 2 is 1.29 bits per heavy atom. The van der Waals surface area contributed by atoms with Crippen LogP contribution in [0.2, 0.25) is 0 Å². The average molecular weight is 196 g/mol. The molecule has 1 aromatic carbocycles. The lowest BCUT2D eigenvalue weighted by atomic mass is 10.0. The van der Waals surface area contributed by atoms with E-state index in [1.165, 1.54) is 25.0 Å². The van der Waals surface area contributed by atoms with Crippen LogP contribution in [0.25, 0.3) is 0 Å². The van der Waals surface area contributed by atoms with E-state index < -0.39 is 6.17 Å². The number of benzene rings is 1. The van der Waals surface area contributed by atoms with Gasteiger partial charge in [0.05, 0.1) is 6.17 Å². The maximum Gasteiger partial charge on any atom is 0.0945 e. The van der Waals surface area contributed by atoms with Crippen LogP contribution in [0.5, 0.6) is 0 Å². The maximum absolute atomic E-state index is 11.0. The molecule has 0 radical (unpaired) electrons. The summed E-state index contributed by atoms with van der Waals surface area (Å²) in [6.45, 7) is 9.54. The molecule has 0 aliphatic heterocycles. The van der Waals surface area contributed by atoms with Crippen LogP contribution >= 0.6 is 0 Å². The SMILES string of the molecule is CC(C)F.Cc1ccc(C(C)C)cc1. The molecular formula is C13H21F. The highest BCUT2D eigenvalue weighted by molar-refractivity contribution is 5.23. The van der Waals surface area contributed by atoms with Gasteiger partial charge >= 0.3 is 0 Å². The summed E-state index contributed by atoms with van der Waals surface area (Å²) >= 11 is 0. The third-order valence-corrected chi connectivity index (χ3v) is 1.74. The Bertz CT molecular complexity index is 231. The van der Waals surface area contributed by atoms with Gasteiger partial charge in [0.25, 0.3) is 0 Å². The van der Waals surface area contributed by atoms with E-state index in [4.69, 9.17) is 0 Å².